The fourth-order valence-electron chi connectivity index (χ4n) is 0.834. The van der Waals surface area contributed by atoms with E-state index in [-0.39, 0.29) is 12.2 Å². The molecule has 2 nitrogen and oxygen atoms in total. The van der Waals surface area contributed by atoms with Crippen LogP contribution in [0.1, 0.15) is 16.1 Å². The van der Waals surface area contributed by atoms with Crippen LogP contribution in [0.5, 0.6) is 5.75 Å². The Bertz CT molecular complexity index is 320. The van der Waals surface area contributed by atoms with E-state index < -0.39 is 0 Å². The van der Waals surface area contributed by atoms with Crippen LogP contribution in [0.25, 0.3) is 0 Å². The summed E-state index contributed by atoms with van der Waals surface area (Å²) in [6.45, 7) is 0. The minimum Gasteiger partial charge on any atom is -0.495 e. The average molecular weight is 180 g/mol. The molecule has 3 heteroatoms. The van der Waals surface area contributed by atoms with Gasteiger partial charge in [0.1, 0.15) is 10.6 Å². The Hall–Kier alpha value is -1.27. The van der Waals surface area contributed by atoms with E-state index in [2.05, 4.69) is 5.92 Å². The van der Waals surface area contributed by atoms with Crippen molar-refractivity contribution in [2.24, 2.45) is 0 Å². The van der Waals surface area contributed by atoms with Crippen molar-refractivity contribution in [2.45, 2.75) is 6.42 Å². The smallest absolute Gasteiger partial charge is 0.188 e. The summed E-state index contributed by atoms with van der Waals surface area (Å²) in [5.41, 5.74) is 0. The molecule has 0 atom stereocenters. The number of carbonyl (C=O) groups excluding carboxylic acids is 1. The summed E-state index contributed by atoms with van der Waals surface area (Å²) in [4.78, 5) is 11.9. The standard InChI is InChI=1S/C9H8O2S/c1-3-4-7(10)9-8(11-2)5-6-12-9/h1,5-6H,4H2,2H3. The van der Waals surface area contributed by atoms with Crippen LogP contribution >= 0.6 is 11.3 Å². The van der Waals surface area contributed by atoms with E-state index in [9.17, 15) is 4.79 Å². The molecule has 0 fully saturated rings. The van der Waals surface area contributed by atoms with Crippen LogP contribution < -0.4 is 4.74 Å². The van der Waals surface area contributed by atoms with Crippen LogP contribution in [-0.2, 0) is 0 Å². The third-order valence-corrected chi connectivity index (χ3v) is 2.30. The maximum absolute atomic E-state index is 11.3. The van der Waals surface area contributed by atoms with Gasteiger partial charge in [0.05, 0.1) is 13.5 Å². The summed E-state index contributed by atoms with van der Waals surface area (Å²) in [5, 5.41) is 1.81. The summed E-state index contributed by atoms with van der Waals surface area (Å²) >= 11 is 1.35. The second-order valence-electron chi connectivity index (χ2n) is 2.12. The molecule has 12 heavy (non-hydrogen) atoms. The summed E-state index contributed by atoms with van der Waals surface area (Å²) in [6, 6.07) is 1.76. The number of Topliss-reactive ketones (excluding diaryl/α,β-unsaturated/α-hetero) is 1. The molecule has 1 heterocycles. The molecular formula is C9H8O2S. The predicted octanol–water partition coefficient (Wildman–Crippen LogP) is 1.96. The van der Waals surface area contributed by atoms with Crippen molar-refractivity contribution in [2.75, 3.05) is 7.11 Å². The van der Waals surface area contributed by atoms with Crippen molar-refractivity contribution < 1.29 is 9.53 Å². The van der Waals surface area contributed by atoms with E-state index in [1.54, 1.807) is 6.07 Å². The van der Waals surface area contributed by atoms with E-state index in [0.717, 1.165) is 0 Å². The third-order valence-electron chi connectivity index (χ3n) is 1.36. The summed E-state index contributed by atoms with van der Waals surface area (Å²) in [6.07, 6.45) is 5.16. The Kier molecular flexibility index (Phi) is 2.89. The fourth-order valence-corrected chi connectivity index (χ4v) is 1.63. The zero-order valence-corrected chi connectivity index (χ0v) is 7.48. The van der Waals surface area contributed by atoms with Crippen LogP contribution in [-0.4, -0.2) is 12.9 Å². The number of methoxy groups -OCH3 is 1. The maximum atomic E-state index is 11.3. The number of ketones is 1. The topological polar surface area (TPSA) is 26.3 Å². The minimum atomic E-state index is -0.0515. The molecule has 0 radical (unpaired) electrons. The van der Waals surface area contributed by atoms with Crippen LogP contribution in [0.3, 0.4) is 0 Å². The first-order valence-corrected chi connectivity index (χ1v) is 4.25. The zero-order valence-electron chi connectivity index (χ0n) is 6.66. The van der Waals surface area contributed by atoms with Gasteiger partial charge in [-0.15, -0.1) is 17.8 Å². The van der Waals surface area contributed by atoms with E-state index >= 15 is 0 Å². The van der Waals surface area contributed by atoms with E-state index in [1.807, 2.05) is 5.38 Å². The van der Waals surface area contributed by atoms with Gasteiger partial charge in [-0.05, 0) is 11.4 Å². The highest BCUT2D eigenvalue weighted by molar-refractivity contribution is 7.12. The first-order valence-electron chi connectivity index (χ1n) is 3.37. The Balaban J connectivity index is 2.88. The minimum absolute atomic E-state index is 0.0515. The number of thiophene rings is 1. The lowest BCUT2D eigenvalue weighted by atomic mass is 10.2. The van der Waals surface area contributed by atoms with Gasteiger partial charge in [-0.3, -0.25) is 4.79 Å². The number of ether oxygens (including phenoxy) is 1. The molecule has 0 saturated carbocycles. The molecule has 0 unspecified atom stereocenters. The molecule has 0 amide bonds. The second-order valence-corrected chi connectivity index (χ2v) is 3.04. The summed E-state index contributed by atoms with van der Waals surface area (Å²) in [7, 11) is 1.54. The van der Waals surface area contributed by atoms with Crippen molar-refractivity contribution in [3.05, 3.63) is 16.3 Å². The Labute approximate surface area is 75.2 Å². The van der Waals surface area contributed by atoms with E-state index in [0.29, 0.717) is 10.6 Å². The molecule has 0 aliphatic carbocycles. The van der Waals surface area contributed by atoms with Gasteiger partial charge >= 0.3 is 0 Å². The molecule has 0 spiro atoms. The van der Waals surface area contributed by atoms with Crippen LogP contribution in [0.15, 0.2) is 11.4 Å². The van der Waals surface area contributed by atoms with Crippen LogP contribution in [0.2, 0.25) is 0 Å². The zero-order chi connectivity index (χ0) is 8.97. The van der Waals surface area contributed by atoms with Gasteiger partial charge in [0, 0.05) is 0 Å². The highest BCUT2D eigenvalue weighted by Gasteiger charge is 2.11. The van der Waals surface area contributed by atoms with Gasteiger partial charge in [-0.2, -0.15) is 0 Å². The summed E-state index contributed by atoms with van der Waals surface area (Å²) in [5.74, 6) is 2.87. The molecule has 1 aromatic heterocycles. The molecule has 0 aliphatic rings. The van der Waals surface area contributed by atoms with Gasteiger partial charge in [0.2, 0.25) is 0 Å². The first-order chi connectivity index (χ1) is 5.79. The number of terminal acetylenes is 1. The molecule has 0 aliphatic heterocycles. The quantitative estimate of drug-likeness (QED) is 0.525. The fraction of sp³-hybridized carbons (Fsp3) is 0.222. The van der Waals surface area contributed by atoms with Gasteiger partial charge in [-0.25, -0.2) is 0 Å². The summed E-state index contributed by atoms with van der Waals surface area (Å²) < 4.78 is 4.97. The van der Waals surface area contributed by atoms with Crippen molar-refractivity contribution in [3.63, 3.8) is 0 Å². The van der Waals surface area contributed by atoms with Gasteiger partial charge in [-0.1, -0.05) is 5.92 Å². The lowest BCUT2D eigenvalue weighted by Gasteiger charge is -1.97. The van der Waals surface area contributed by atoms with E-state index in [4.69, 9.17) is 11.2 Å². The molecule has 0 aromatic carbocycles. The first kappa shape index (κ1) is 8.82. The molecule has 1 rings (SSSR count). The monoisotopic (exact) mass is 180 g/mol. The Morgan fingerprint density at radius 2 is 2.58 bits per heavy atom. The molecule has 0 saturated heterocycles. The number of hydrogen-bond donors (Lipinski definition) is 0. The molecule has 1 aromatic rings. The van der Waals surface area contributed by atoms with Crippen LogP contribution in [0, 0.1) is 12.3 Å². The average Bonchev–Trinajstić information content (AvgIpc) is 2.51. The number of rotatable bonds is 3. The lowest BCUT2D eigenvalue weighted by molar-refractivity contribution is 0.0999. The highest BCUT2D eigenvalue weighted by Crippen LogP contribution is 2.25. The number of carbonyl (C=O) groups is 1. The van der Waals surface area contributed by atoms with Gasteiger partial charge in [0.15, 0.2) is 5.78 Å². The predicted molar refractivity (Wildman–Crippen MR) is 48.7 cm³/mol. The van der Waals surface area contributed by atoms with E-state index in [1.165, 1.54) is 18.4 Å². The van der Waals surface area contributed by atoms with Gasteiger partial charge in [0.25, 0.3) is 0 Å². The van der Waals surface area contributed by atoms with Gasteiger partial charge < -0.3 is 4.74 Å². The molecule has 0 bridgehead atoms. The maximum Gasteiger partial charge on any atom is 0.188 e. The molecule has 62 valence electrons. The second kappa shape index (κ2) is 3.93. The van der Waals surface area contributed by atoms with Crippen molar-refractivity contribution in [3.8, 4) is 18.1 Å². The van der Waals surface area contributed by atoms with Crippen molar-refractivity contribution in [1.29, 1.82) is 0 Å². The molecule has 0 N–H and O–H groups in total. The normalized spacial score (nSPS) is 9.00. The third kappa shape index (κ3) is 1.66. The van der Waals surface area contributed by atoms with Crippen molar-refractivity contribution >= 4 is 17.1 Å². The van der Waals surface area contributed by atoms with Crippen LogP contribution in [0.4, 0.5) is 0 Å². The number of hydrogen-bond acceptors (Lipinski definition) is 3. The largest absolute Gasteiger partial charge is 0.495 e. The SMILES string of the molecule is C#CCC(=O)c1sccc1OC. The Morgan fingerprint density at radius 3 is 3.17 bits per heavy atom. The van der Waals surface area contributed by atoms with Crippen molar-refractivity contribution in [1.82, 2.24) is 0 Å². The Morgan fingerprint density at radius 1 is 1.83 bits per heavy atom. The lowest BCUT2D eigenvalue weighted by Crippen LogP contribution is -1.96. The molecular weight excluding hydrogens is 172 g/mol. The highest BCUT2D eigenvalue weighted by atomic mass is 32.1.